The molecule has 0 atom stereocenters. The van der Waals surface area contributed by atoms with Crippen molar-refractivity contribution in [3.63, 3.8) is 0 Å². The van der Waals surface area contributed by atoms with E-state index in [-0.39, 0.29) is 6.03 Å². The number of hydroxylamine groups is 2. The van der Waals surface area contributed by atoms with Gasteiger partial charge >= 0.3 is 6.03 Å². The minimum Gasteiger partial charge on any atom is -0.273 e. The molecule has 1 radical (unpaired) electrons. The van der Waals surface area contributed by atoms with E-state index < -0.39 is 0 Å². The van der Waals surface area contributed by atoms with E-state index >= 15 is 0 Å². The minimum absolute atomic E-state index is 0.382. The van der Waals surface area contributed by atoms with Crippen LogP contribution in [0.5, 0.6) is 0 Å². The van der Waals surface area contributed by atoms with Gasteiger partial charge in [0.15, 0.2) is 0 Å². The van der Waals surface area contributed by atoms with Crippen LogP contribution < -0.4 is 5.32 Å². The van der Waals surface area contributed by atoms with Crippen LogP contribution in [0.3, 0.4) is 0 Å². The third-order valence-corrected chi connectivity index (χ3v) is 0.735. The van der Waals surface area contributed by atoms with Crippen molar-refractivity contribution < 1.29 is 9.63 Å². The summed E-state index contributed by atoms with van der Waals surface area (Å²) >= 11 is 0. The summed E-state index contributed by atoms with van der Waals surface area (Å²) in [6.45, 7) is 0. The van der Waals surface area contributed by atoms with Crippen LogP contribution in [-0.4, -0.2) is 32.3 Å². The zero-order valence-electron chi connectivity index (χ0n) is 5.21. The predicted molar refractivity (Wildman–Crippen MR) is 28.2 cm³/mol. The number of nitrogens with zero attached hydrogens (tertiary/aromatic N) is 2. The number of carbonyl (C=O) groups excluding carboxylic acids is 1. The number of rotatable bonds is 1. The number of hydrogen-bond acceptors (Lipinski definition) is 2. The highest BCUT2D eigenvalue weighted by atomic mass is 16.7. The Labute approximate surface area is 48.4 Å². The van der Waals surface area contributed by atoms with E-state index in [0.29, 0.717) is 0 Å². The lowest BCUT2D eigenvalue weighted by Gasteiger charge is -2.09. The van der Waals surface area contributed by atoms with Gasteiger partial charge in [0.1, 0.15) is 0 Å². The summed E-state index contributed by atoms with van der Waals surface area (Å²) in [5, 5.41) is 4.36. The van der Waals surface area contributed by atoms with Crippen LogP contribution in [-0.2, 0) is 4.84 Å². The molecule has 0 unspecified atom stereocenters. The van der Waals surface area contributed by atoms with E-state index in [1.165, 1.54) is 21.2 Å². The molecule has 47 valence electrons. The Balaban J connectivity index is 3.46. The fourth-order valence-electron chi connectivity index (χ4n) is 0.219. The molecule has 0 aromatic carbocycles. The summed E-state index contributed by atoms with van der Waals surface area (Å²) in [5.41, 5.74) is 0. The van der Waals surface area contributed by atoms with Crippen LogP contribution in [0.25, 0.3) is 0 Å². The number of amides is 2. The monoisotopic (exact) mass is 117 g/mol. The predicted octanol–water partition coefficient (Wildman–Crippen LogP) is -0.166. The fourth-order valence-corrected chi connectivity index (χ4v) is 0.219. The zero-order chi connectivity index (χ0) is 6.57. The first-order valence-corrected chi connectivity index (χ1v) is 2.14. The number of hydrogen-bond donors (Lipinski definition) is 0. The van der Waals surface area contributed by atoms with E-state index in [0.717, 1.165) is 5.06 Å². The van der Waals surface area contributed by atoms with E-state index in [4.69, 9.17) is 0 Å². The van der Waals surface area contributed by atoms with Gasteiger partial charge in [-0.2, -0.15) is 0 Å². The van der Waals surface area contributed by atoms with Crippen molar-refractivity contribution >= 4 is 6.03 Å². The lowest BCUT2D eigenvalue weighted by atomic mass is 10.9. The third kappa shape index (κ3) is 1.79. The van der Waals surface area contributed by atoms with Gasteiger partial charge in [0.25, 0.3) is 0 Å². The molecule has 4 heteroatoms. The van der Waals surface area contributed by atoms with Gasteiger partial charge in [0, 0.05) is 14.1 Å². The van der Waals surface area contributed by atoms with Crippen molar-refractivity contribution in [3.05, 3.63) is 0 Å². The first kappa shape index (κ1) is 7.23. The second kappa shape index (κ2) is 3.26. The summed E-state index contributed by atoms with van der Waals surface area (Å²) in [6.07, 6.45) is 0. The first-order chi connectivity index (χ1) is 3.72. The van der Waals surface area contributed by atoms with Crippen molar-refractivity contribution in [1.29, 1.82) is 0 Å². The van der Waals surface area contributed by atoms with Gasteiger partial charge in [-0.1, -0.05) is 0 Å². The summed E-state index contributed by atoms with van der Waals surface area (Å²) in [4.78, 5) is 14.9. The zero-order valence-corrected chi connectivity index (χ0v) is 5.21. The average molecular weight is 117 g/mol. The molecule has 0 aliphatic heterocycles. The smallest absolute Gasteiger partial charge is 0.273 e. The highest BCUT2D eigenvalue weighted by Crippen LogP contribution is 1.80. The maximum absolute atomic E-state index is 10.4. The van der Waals surface area contributed by atoms with Crippen LogP contribution in [0.1, 0.15) is 0 Å². The van der Waals surface area contributed by atoms with Crippen LogP contribution in [0.4, 0.5) is 4.79 Å². The summed E-state index contributed by atoms with van der Waals surface area (Å²) < 4.78 is 0. The molecule has 0 bridgehead atoms. The normalized spacial score (nSPS) is 8.38. The summed E-state index contributed by atoms with van der Waals surface area (Å²) in [5.74, 6) is 0. The van der Waals surface area contributed by atoms with E-state index in [2.05, 4.69) is 10.2 Å². The van der Waals surface area contributed by atoms with E-state index in [1.807, 2.05) is 0 Å². The topological polar surface area (TPSA) is 43.6 Å². The summed E-state index contributed by atoms with van der Waals surface area (Å²) in [7, 11) is 4.32. The van der Waals surface area contributed by atoms with Crippen molar-refractivity contribution in [2.75, 3.05) is 21.2 Å². The van der Waals surface area contributed by atoms with Crippen LogP contribution >= 0.6 is 0 Å². The molecule has 0 saturated carbocycles. The van der Waals surface area contributed by atoms with Crippen molar-refractivity contribution in [2.45, 2.75) is 0 Å². The molecule has 0 aromatic rings. The van der Waals surface area contributed by atoms with Gasteiger partial charge in [-0.05, 0) is 0 Å². The SMILES string of the molecule is C[N]C(=O)N(C)OC. The molecule has 0 aromatic heterocycles. The lowest BCUT2D eigenvalue weighted by Crippen LogP contribution is -2.29. The van der Waals surface area contributed by atoms with E-state index in [9.17, 15) is 4.79 Å². The van der Waals surface area contributed by atoms with Crippen molar-refractivity contribution in [1.82, 2.24) is 10.4 Å². The lowest BCUT2D eigenvalue weighted by molar-refractivity contribution is -0.0644. The van der Waals surface area contributed by atoms with Crippen LogP contribution in [0.2, 0.25) is 0 Å². The molecule has 0 aliphatic carbocycles. The van der Waals surface area contributed by atoms with E-state index in [1.54, 1.807) is 0 Å². The molecule has 0 aliphatic rings. The second-order valence-electron chi connectivity index (χ2n) is 1.19. The molecule has 0 spiro atoms. The van der Waals surface area contributed by atoms with Gasteiger partial charge in [-0.3, -0.25) is 4.84 Å². The van der Waals surface area contributed by atoms with Crippen LogP contribution in [0, 0.1) is 0 Å². The molecule has 0 N–H and O–H groups in total. The summed E-state index contributed by atoms with van der Waals surface area (Å²) in [6, 6.07) is -0.382. The maximum atomic E-state index is 10.4. The Morgan fingerprint density at radius 1 is 1.75 bits per heavy atom. The highest BCUT2D eigenvalue weighted by Gasteiger charge is 2.02. The molecule has 2 amide bonds. The molecule has 0 rings (SSSR count). The highest BCUT2D eigenvalue weighted by molar-refractivity contribution is 5.71. The molecular weight excluding hydrogens is 108 g/mol. The molecule has 0 fully saturated rings. The molecule has 0 saturated heterocycles. The average Bonchev–Trinajstić information content (AvgIpc) is 1.84. The molecular formula is C4H9N2O2. The van der Waals surface area contributed by atoms with Crippen molar-refractivity contribution in [2.24, 2.45) is 0 Å². The van der Waals surface area contributed by atoms with Gasteiger partial charge in [-0.15, -0.1) is 0 Å². The Kier molecular flexibility index (Phi) is 2.95. The molecule has 8 heavy (non-hydrogen) atoms. The van der Waals surface area contributed by atoms with Crippen molar-refractivity contribution in [3.8, 4) is 0 Å². The minimum atomic E-state index is -0.382. The molecule has 0 heterocycles. The van der Waals surface area contributed by atoms with Gasteiger partial charge in [-0.25, -0.2) is 15.2 Å². The maximum Gasteiger partial charge on any atom is 0.362 e. The standard InChI is InChI=1S/C4H9N2O2/c1-5-4(7)6(2)8-3/h1-3H3. The fraction of sp³-hybridized carbons (Fsp3) is 0.750. The second-order valence-corrected chi connectivity index (χ2v) is 1.19. The third-order valence-electron chi connectivity index (χ3n) is 0.735. The molecule has 4 nitrogen and oxygen atoms in total. The van der Waals surface area contributed by atoms with Gasteiger partial charge < -0.3 is 0 Å². The van der Waals surface area contributed by atoms with Gasteiger partial charge in [0.05, 0.1) is 7.11 Å². The largest absolute Gasteiger partial charge is 0.362 e. The number of carbonyl (C=O) groups is 1. The Morgan fingerprint density at radius 2 is 2.25 bits per heavy atom. The number of urea groups is 1. The Bertz CT molecular complexity index is 84.1. The Morgan fingerprint density at radius 3 is 2.38 bits per heavy atom. The van der Waals surface area contributed by atoms with Crippen LogP contribution in [0.15, 0.2) is 0 Å². The first-order valence-electron chi connectivity index (χ1n) is 2.14. The van der Waals surface area contributed by atoms with Gasteiger partial charge in [0.2, 0.25) is 0 Å². The quantitative estimate of drug-likeness (QED) is 0.448. The Hall–Kier alpha value is -0.770.